The Bertz CT molecular complexity index is 2080. The Kier molecular flexibility index (Phi) is 15.0. The second-order valence-corrected chi connectivity index (χ2v) is 15.5. The molecular formula is C44H50N4O15. The lowest BCUT2D eigenvalue weighted by molar-refractivity contribution is -0.357. The smallest absolute Gasteiger partial charge is 0.408 e. The number of methoxy groups -OCH3 is 1. The van der Waals surface area contributed by atoms with E-state index in [1.807, 2.05) is 30.3 Å². The molecule has 0 radical (unpaired) electrons. The zero-order valence-corrected chi connectivity index (χ0v) is 34.9. The highest BCUT2D eigenvalue weighted by molar-refractivity contribution is 5.90. The number of rotatable bonds is 16. The largest absolute Gasteiger partial charge is 0.459 e. The Morgan fingerprint density at radius 1 is 0.810 bits per heavy atom. The van der Waals surface area contributed by atoms with E-state index in [4.69, 9.17) is 47.4 Å². The van der Waals surface area contributed by atoms with Crippen molar-refractivity contribution >= 4 is 23.8 Å². The number of nitrogens with zero attached hydrogens (tertiary/aromatic N) is 3. The Morgan fingerprint density at radius 2 is 1.43 bits per heavy atom. The van der Waals surface area contributed by atoms with Crippen molar-refractivity contribution in [1.82, 2.24) is 5.32 Å². The Labute approximate surface area is 362 Å². The summed E-state index contributed by atoms with van der Waals surface area (Å²) in [6.45, 7) is 4.31. The maximum Gasteiger partial charge on any atom is 0.408 e. The first-order chi connectivity index (χ1) is 30.5. The van der Waals surface area contributed by atoms with Gasteiger partial charge in [-0.2, -0.15) is 0 Å². The highest BCUT2D eigenvalue weighted by Gasteiger charge is 2.58. The fraction of sp³-hybridized carbons (Fsp3) is 0.500. The fourth-order valence-corrected chi connectivity index (χ4v) is 8.20. The summed E-state index contributed by atoms with van der Waals surface area (Å²) in [5.74, 6) is -2.74. The summed E-state index contributed by atoms with van der Waals surface area (Å²) < 4.78 is 62.0. The number of Topliss-reactive ketones (excluding diaryl/α,β-unsaturated/α-hetero) is 1. The average Bonchev–Trinajstić information content (AvgIpc) is 3.71. The molecule has 4 fully saturated rings. The number of benzene rings is 3. The van der Waals surface area contributed by atoms with Gasteiger partial charge in [-0.1, -0.05) is 85.7 Å². The van der Waals surface area contributed by atoms with E-state index in [9.17, 15) is 29.8 Å². The van der Waals surface area contributed by atoms with Gasteiger partial charge in [-0.05, 0) is 54.6 Å². The zero-order valence-electron chi connectivity index (χ0n) is 34.9. The van der Waals surface area contributed by atoms with E-state index in [2.05, 4.69) is 15.3 Å². The number of esters is 2. The minimum absolute atomic E-state index is 0.0781. The third-order valence-electron chi connectivity index (χ3n) is 11.4. The van der Waals surface area contributed by atoms with E-state index in [0.717, 1.165) is 0 Å². The first-order valence-electron chi connectivity index (χ1n) is 20.6. The standard InChI is InChI=1S/C44H50N4O15/c1-5-28-32(50)35-31(46-44(53)63-35)42(57-28)62-37-34(24(3)49)61-43(38(59-40(52)27-19-13-8-14-20-27)36(37)55-21-25-15-9-6-10-16-25)60-33-23(2)30(47-48-45)41(54-4)58-29(33)22-56-39(51)26-17-11-7-12-18-26/h6-20,23,28-38,41-43,50H,5,21-22H2,1-4H3,(H,46,53)/t23-,28?,29?,30?,31?,32-,33+,34?,35-,36-,37+,38?,41+,42+,43-/m1/s1. The van der Waals surface area contributed by atoms with Gasteiger partial charge in [0.1, 0.15) is 43.2 Å². The maximum absolute atomic E-state index is 14.1. The number of ketones is 1. The maximum atomic E-state index is 14.1. The molecule has 7 rings (SSSR count). The molecule has 4 aliphatic heterocycles. The number of carbonyl (C=O) groups is 4. The van der Waals surface area contributed by atoms with Gasteiger partial charge in [0, 0.05) is 12.0 Å². The third-order valence-corrected chi connectivity index (χ3v) is 11.4. The minimum atomic E-state index is -1.62. The van der Waals surface area contributed by atoms with E-state index in [0.29, 0.717) is 12.0 Å². The first-order valence-corrected chi connectivity index (χ1v) is 20.6. The van der Waals surface area contributed by atoms with Crippen molar-refractivity contribution in [3.63, 3.8) is 0 Å². The van der Waals surface area contributed by atoms with Crippen LogP contribution in [0.4, 0.5) is 4.79 Å². The van der Waals surface area contributed by atoms with Crippen molar-refractivity contribution in [2.45, 2.75) is 120 Å². The van der Waals surface area contributed by atoms with E-state index in [1.165, 1.54) is 14.0 Å². The van der Waals surface area contributed by atoms with Gasteiger partial charge in [0.25, 0.3) is 0 Å². The van der Waals surface area contributed by atoms with Gasteiger partial charge in [-0.3, -0.25) is 4.79 Å². The molecule has 19 heteroatoms. The zero-order chi connectivity index (χ0) is 44.6. The molecule has 0 aromatic heterocycles. The molecule has 19 nitrogen and oxygen atoms in total. The van der Waals surface area contributed by atoms with Crippen molar-refractivity contribution < 1.29 is 71.7 Å². The number of nitrogens with one attached hydrogen (secondary N) is 1. The highest BCUT2D eigenvalue weighted by Crippen LogP contribution is 2.39. The molecule has 336 valence electrons. The summed E-state index contributed by atoms with van der Waals surface area (Å²) >= 11 is 0. The number of aliphatic hydroxyl groups excluding tert-OH is 1. The molecule has 63 heavy (non-hydrogen) atoms. The van der Waals surface area contributed by atoms with Gasteiger partial charge in [0.15, 0.2) is 36.9 Å². The van der Waals surface area contributed by atoms with E-state index in [-0.39, 0.29) is 24.3 Å². The molecule has 4 saturated heterocycles. The van der Waals surface area contributed by atoms with Gasteiger partial charge in [0.2, 0.25) is 0 Å². The number of azide groups is 1. The van der Waals surface area contributed by atoms with Crippen LogP contribution in [0, 0.1) is 5.92 Å². The molecule has 4 aliphatic rings. The topological polar surface area (TPSA) is 242 Å². The number of aliphatic hydroxyl groups is 1. The number of hydrogen-bond acceptors (Lipinski definition) is 16. The molecule has 6 unspecified atom stereocenters. The van der Waals surface area contributed by atoms with Crippen LogP contribution in [0.25, 0.3) is 10.4 Å². The van der Waals surface area contributed by atoms with Crippen molar-refractivity contribution in [3.8, 4) is 0 Å². The van der Waals surface area contributed by atoms with Crippen LogP contribution in [-0.4, -0.2) is 129 Å². The van der Waals surface area contributed by atoms with Crippen molar-refractivity contribution in [3.05, 3.63) is 118 Å². The summed E-state index contributed by atoms with van der Waals surface area (Å²) in [6, 6.07) is 23.5. The number of hydrogen-bond donors (Lipinski definition) is 2. The highest BCUT2D eigenvalue weighted by atomic mass is 16.8. The fourth-order valence-electron chi connectivity index (χ4n) is 8.20. The van der Waals surface area contributed by atoms with Crippen LogP contribution in [0.3, 0.4) is 0 Å². The molecular weight excluding hydrogens is 824 g/mol. The number of fused-ring (bicyclic) bond motifs is 1. The Morgan fingerprint density at radius 3 is 2.05 bits per heavy atom. The molecule has 0 spiro atoms. The molecule has 15 atom stereocenters. The lowest BCUT2D eigenvalue weighted by atomic mass is 9.88. The predicted octanol–water partition coefficient (Wildman–Crippen LogP) is 4.40. The van der Waals surface area contributed by atoms with Crippen molar-refractivity contribution in [2.75, 3.05) is 13.7 Å². The summed E-state index contributed by atoms with van der Waals surface area (Å²) in [7, 11) is 1.37. The Hall–Kier alpha value is -5.47. The second-order valence-electron chi connectivity index (χ2n) is 15.5. The number of alkyl carbamates (subject to hydrolysis) is 1. The van der Waals surface area contributed by atoms with Crippen LogP contribution in [-0.2, 0) is 58.8 Å². The number of ether oxygens (including phenoxy) is 10. The van der Waals surface area contributed by atoms with Crippen LogP contribution in [0.5, 0.6) is 0 Å². The molecule has 1 amide bonds. The van der Waals surface area contributed by atoms with Crippen LogP contribution in [0.15, 0.2) is 96.1 Å². The van der Waals surface area contributed by atoms with Crippen LogP contribution in [0.2, 0.25) is 0 Å². The molecule has 3 aromatic carbocycles. The normalized spacial score (nSPS) is 33.7. The first kappa shape index (κ1) is 45.6. The van der Waals surface area contributed by atoms with E-state index in [1.54, 1.807) is 74.5 Å². The van der Waals surface area contributed by atoms with Gasteiger partial charge >= 0.3 is 18.0 Å². The van der Waals surface area contributed by atoms with Crippen molar-refractivity contribution in [2.24, 2.45) is 11.0 Å². The SMILES string of the molecule is CCC1O[C@@H](O[C@H]2C(C(C)=O)O[C@@H](O[C@@H]3C(COC(=O)c4ccccc4)O[C@H](OC)C(N=[N+]=[N-])[C@H]3C)C(OC(=O)c3ccccc3)[C@@H]2OCc2ccccc2)C2NC(=O)O[C@H]2[C@@H]1O. The minimum Gasteiger partial charge on any atom is -0.459 e. The molecule has 3 aromatic rings. The lowest BCUT2D eigenvalue weighted by Gasteiger charge is -2.50. The summed E-state index contributed by atoms with van der Waals surface area (Å²) in [5.41, 5.74) is 10.7. The number of carbonyl (C=O) groups excluding carboxylic acids is 4. The predicted molar refractivity (Wildman–Crippen MR) is 216 cm³/mol. The molecule has 0 saturated carbocycles. The Balaban J connectivity index is 1.28. The summed E-state index contributed by atoms with van der Waals surface area (Å²) in [5, 5.41) is 17.6. The molecule has 4 heterocycles. The van der Waals surface area contributed by atoms with E-state index >= 15 is 0 Å². The van der Waals surface area contributed by atoms with Crippen LogP contribution >= 0.6 is 0 Å². The lowest BCUT2D eigenvalue weighted by Crippen LogP contribution is -2.67. The average molecular weight is 875 g/mol. The molecule has 2 N–H and O–H groups in total. The van der Waals surface area contributed by atoms with Crippen molar-refractivity contribution in [1.29, 1.82) is 0 Å². The summed E-state index contributed by atoms with van der Waals surface area (Å²) in [4.78, 5) is 56.6. The number of amides is 1. The van der Waals surface area contributed by atoms with Gasteiger partial charge in [0.05, 0.1) is 36.0 Å². The monoisotopic (exact) mass is 874 g/mol. The van der Waals surface area contributed by atoms with Crippen LogP contribution < -0.4 is 5.32 Å². The third kappa shape index (κ3) is 10.3. The molecule has 0 bridgehead atoms. The summed E-state index contributed by atoms with van der Waals surface area (Å²) in [6.07, 6.45) is -15.7. The quantitative estimate of drug-likeness (QED) is 0.0667. The van der Waals surface area contributed by atoms with E-state index < -0.39 is 116 Å². The second kappa shape index (κ2) is 20.8. The molecule has 0 aliphatic carbocycles. The van der Waals surface area contributed by atoms with Gasteiger partial charge in [-0.25, -0.2) is 14.4 Å². The van der Waals surface area contributed by atoms with Gasteiger partial charge < -0.3 is 57.8 Å². The van der Waals surface area contributed by atoms with Gasteiger partial charge in [-0.15, -0.1) is 0 Å². The van der Waals surface area contributed by atoms with Crippen LogP contribution in [0.1, 0.15) is 53.5 Å².